The van der Waals surface area contributed by atoms with Crippen molar-refractivity contribution in [3.8, 4) is 0 Å². The van der Waals surface area contributed by atoms with Gasteiger partial charge in [-0.3, -0.25) is 4.79 Å². The van der Waals surface area contributed by atoms with Crippen LogP contribution < -0.4 is 10.6 Å². The summed E-state index contributed by atoms with van der Waals surface area (Å²) in [6, 6.07) is 13.7. The minimum Gasteiger partial charge on any atom is -0.467 e. The van der Waals surface area contributed by atoms with Crippen LogP contribution in [0, 0.1) is 0 Å². The van der Waals surface area contributed by atoms with Crippen LogP contribution in [0.2, 0.25) is 0 Å². The van der Waals surface area contributed by atoms with E-state index in [0.29, 0.717) is 23.8 Å². The lowest BCUT2D eigenvalue weighted by atomic mass is 10.1. The second-order valence-electron chi connectivity index (χ2n) is 5.33. The molecule has 1 aromatic carbocycles. The number of aromatic nitrogens is 2. The molecule has 122 valence electrons. The van der Waals surface area contributed by atoms with Gasteiger partial charge in [-0.2, -0.15) is 0 Å². The molecule has 0 fully saturated rings. The van der Waals surface area contributed by atoms with Crippen LogP contribution in [0.5, 0.6) is 0 Å². The largest absolute Gasteiger partial charge is 0.467 e. The van der Waals surface area contributed by atoms with Gasteiger partial charge in [-0.05, 0) is 24.6 Å². The average molecular weight is 322 g/mol. The highest BCUT2D eigenvalue weighted by Crippen LogP contribution is 2.15. The van der Waals surface area contributed by atoms with E-state index in [1.54, 1.807) is 18.4 Å². The van der Waals surface area contributed by atoms with Crippen molar-refractivity contribution >= 4 is 11.9 Å². The molecule has 2 N–H and O–H groups in total. The molecule has 0 spiro atoms. The van der Waals surface area contributed by atoms with Crippen molar-refractivity contribution in [2.45, 2.75) is 19.5 Å². The summed E-state index contributed by atoms with van der Waals surface area (Å²) in [5, 5.41) is 5.96. The first-order valence-electron chi connectivity index (χ1n) is 7.66. The SMILES string of the molecule is CC(Nc1ncc(C(=O)NCc2ccco2)cn1)c1ccccc1. The lowest BCUT2D eigenvalue weighted by Gasteiger charge is -2.14. The highest BCUT2D eigenvalue weighted by molar-refractivity contribution is 5.93. The van der Waals surface area contributed by atoms with Gasteiger partial charge in [0.1, 0.15) is 5.76 Å². The molecule has 1 unspecified atom stereocenters. The molecule has 3 rings (SSSR count). The van der Waals surface area contributed by atoms with E-state index in [1.807, 2.05) is 37.3 Å². The maximum atomic E-state index is 12.0. The van der Waals surface area contributed by atoms with Gasteiger partial charge in [0.05, 0.1) is 24.4 Å². The zero-order valence-electron chi connectivity index (χ0n) is 13.3. The van der Waals surface area contributed by atoms with Crippen LogP contribution >= 0.6 is 0 Å². The molecule has 6 heteroatoms. The first kappa shape index (κ1) is 15.7. The van der Waals surface area contributed by atoms with Crippen LogP contribution in [0.25, 0.3) is 0 Å². The third kappa shape index (κ3) is 3.98. The molecule has 3 aromatic rings. The minimum atomic E-state index is -0.242. The molecule has 2 aromatic heterocycles. The second-order valence-corrected chi connectivity index (χ2v) is 5.33. The number of benzene rings is 1. The minimum absolute atomic E-state index is 0.0739. The summed E-state index contributed by atoms with van der Waals surface area (Å²) in [5.74, 6) is 0.933. The Morgan fingerprint density at radius 2 is 1.88 bits per heavy atom. The van der Waals surface area contributed by atoms with Gasteiger partial charge in [0.15, 0.2) is 0 Å². The quantitative estimate of drug-likeness (QED) is 0.728. The van der Waals surface area contributed by atoms with Crippen LogP contribution in [-0.2, 0) is 6.54 Å². The van der Waals surface area contributed by atoms with Crippen LogP contribution in [0.4, 0.5) is 5.95 Å². The first-order chi connectivity index (χ1) is 11.7. The number of rotatable bonds is 6. The van der Waals surface area contributed by atoms with Gasteiger partial charge >= 0.3 is 0 Å². The summed E-state index contributed by atoms with van der Waals surface area (Å²) in [5.41, 5.74) is 1.54. The van der Waals surface area contributed by atoms with Crippen molar-refractivity contribution in [1.82, 2.24) is 15.3 Å². The zero-order chi connectivity index (χ0) is 16.8. The van der Waals surface area contributed by atoms with Crippen LogP contribution in [0.1, 0.15) is 34.6 Å². The predicted molar refractivity (Wildman–Crippen MR) is 90.4 cm³/mol. The van der Waals surface area contributed by atoms with Crippen molar-refractivity contribution in [2.24, 2.45) is 0 Å². The Morgan fingerprint density at radius 1 is 1.12 bits per heavy atom. The lowest BCUT2D eigenvalue weighted by molar-refractivity contribution is 0.0947. The molecular formula is C18H18N4O2. The third-order valence-electron chi connectivity index (χ3n) is 3.56. The topological polar surface area (TPSA) is 80.0 Å². The average Bonchev–Trinajstić information content (AvgIpc) is 3.14. The van der Waals surface area contributed by atoms with Gasteiger partial charge in [0, 0.05) is 12.4 Å². The summed E-state index contributed by atoms with van der Waals surface area (Å²) in [6.45, 7) is 2.36. The normalized spacial score (nSPS) is 11.7. The number of hydrogen-bond donors (Lipinski definition) is 2. The van der Waals surface area contributed by atoms with Gasteiger partial charge < -0.3 is 15.1 Å². The fraction of sp³-hybridized carbons (Fsp3) is 0.167. The molecule has 1 atom stereocenters. The standard InChI is InChI=1S/C18H18N4O2/c1-13(14-6-3-2-4-7-14)22-18-20-10-15(11-21-18)17(23)19-12-16-8-5-9-24-16/h2-11,13H,12H2,1H3,(H,19,23)(H,20,21,22). The molecular weight excluding hydrogens is 304 g/mol. The van der Waals surface area contributed by atoms with Crippen molar-refractivity contribution in [3.05, 3.63) is 78.0 Å². The molecule has 0 radical (unpaired) electrons. The Hall–Kier alpha value is -3.15. The molecule has 0 saturated heterocycles. The number of anilines is 1. The Balaban J connectivity index is 1.57. The Bertz CT molecular complexity index is 771. The van der Waals surface area contributed by atoms with Crippen molar-refractivity contribution in [2.75, 3.05) is 5.32 Å². The summed E-state index contributed by atoms with van der Waals surface area (Å²) in [6.07, 6.45) is 4.58. The third-order valence-corrected chi connectivity index (χ3v) is 3.56. The van der Waals surface area contributed by atoms with Crippen LogP contribution in [0.15, 0.2) is 65.5 Å². The van der Waals surface area contributed by atoms with Gasteiger partial charge in [0.2, 0.25) is 5.95 Å². The van der Waals surface area contributed by atoms with E-state index >= 15 is 0 Å². The first-order valence-corrected chi connectivity index (χ1v) is 7.66. The summed E-state index contributed by atoms with van der Waals surface area (Å²) in [7, 11) is 0. The highest BCUT2D eigenvalue weighted by Gasteiger charge is 2.10. The van der Waals surface area contributed by atoms with E-state index in [1.165, 1.54) is 12.4 Å². The maximum Gasteiger partial charge on any atom is 0.254 e. The monoisotopic (exact) mass is 322 g/mol. The van der Waals surface area contributed by atoms with Gasteiger partial charge in [0.25, 0.3) is 5.91 Å². The molecule has 0 aliphatic carbocycles. The molecule has 0 aliphatic heterocycles. The Kier molecular flexibility index (Phi) is 4.86. The second kappa shape index (κ2) is 7.41. The van der Waals surface area contributed by atoms with Crippen molar-refractivity contribution in [3.63, 3.8) is 0 Å². The van der Waals surface area contributed by atoms with E-state index in [4.69, 9.17) is 4.42 Å². The smallest absolute Gasteiger partial charge is 0.254 e. The van der Waals surface area contributed by atoms with E-state index in [9.17, 15) is 4.79 Å². The van der Waals surface area contributed by atoms with Gasteiger partial charge in [-0.25, -0.2) is 9.97 Å². The fourth-order valence-electron chi connectivity index (χ4n) is 2.22. The van der Waals surface area contributed by atoms with E-state index in [2.05, 4.69) is 20.6 Å². The van der Waals surface area contributed by atoms with E-state index in [0.717, 1.165) is 5.56 Å². The molecule has 6 nitrogen and oxygen atoms in total. The van der Waals surface area contributed by atoms with Crippen LogP contribution in [0.3, 0.4) is 0 Å². The summed E-state index contributed by atoms with van der Waals surface area (Å²) >= 11 is 0. The number of carbonyl (C=O) groups excluding carboxylic acids is 1. The molecule has 2 heterocycles. The number of furan rings is 1. The zero-order valence-corrected chi connectivity index (χ0v) is 13.3. The number of nitrogens with one attached hydrogen (secondary N) is 2. The summed E-state index contributed by atoms with van der Waals surface area (Å²) in [4.78, 5) is 20.4. The predicted octanol–water partition coefficient (Wildman–Crippen LogP) is 3.17. The van der Waals surface area contributed by atoms with Crippen molar-refractivity contribution < 1.29 is 9.21 Å². The van der Waals surface area contributed by atoms with Crippen LogP contribution in [-0.4, -0.2) is 15.9 Å². The highest BCUT2D eigenvalue weighted by atomic mass is 16.3. The van der Waals surface area contributed by atoms with Gasteiger partial charge in [-0.1, -0.05) is 30.3 Å². The Labute approximate surface area is 140 Å². The summed E-state index contributed by atoms with van der Waals surface area (Å²) < 4.78 is 5.17. The number of hydrogen-bond acceptors (Lipinski definition) is 5. The van der Waals surface area contributed by atoms with Crippen molar-refractivity contribution in [1.29, 1.82) is 0 Å². The molecule has 1 amide bonds. The maximum absolute atomic E-state index is 12.0. The lowest BCUT2D eigenvalue weighted by Crippen LogP contribution is -2.23. The molecule has 0 saturated carbocycles. The van der Waals surface area contributed by atoms with E-state index < -0.39 is 0 Å². The molecule has 0 aliphatic rings. The molecule has 0 bridgehead atoms. The fourth-order valence-corrected chi connectivity index (χ4v) is 2.22. The number of amides is 1. The number of carbonyl (C=O) groups is 1. The van der Waals surface area contributed by atoms with E-state index in [-0.39, 0.29) is 11.9 Å². The molecule has 24 heavy (non-hydrogen) atoms. The number of nitrogens with zero attached hydrogens (tertiary/aromatic N) is 2. The van der Waals surface area contributed by atoms with Gasteiger partial charge in [-0.15, -0.1) is 0 Å². The Morgan fingerprint density at radius 3 is 2.54 bits per heavy atom.